The predicted octanol–water partition coefficient (Wildman–Crippen LogP) is 2.80. The lowest BCUT2D eigenvalue weighted by molar-refractivity contribution is 0.729. The molecule has 0 fully saturated rings. The Bertz CT molecular complexity index is 534. The number of nitrogens with zero attached hydrogens (tertiary/aromatic N) is 2. The van der Waals surface area contributed by atoms with Gasteiger partial charge in [-0.2, -0.15) is 0 Å². The second-order valence-corrected chi connectivity index (χ2v) is 4.90. The van der Waals surface area contributed by atoms with E-state index in [0.29, 0.717) is 6.04 Å². The van der Waals surface area contributed by atoms with E-state index in [0.717, 1.165) is 17.9 Å². The quantitative estimate of drug-likeness (QED) is 0.895. The van der Waals surface area contributed by atoms with Crippen molar-refractivity contribution in [1.82, 2.24) is 10.3 Å². The van der Waals surface area contributed by atoms with Gasteiger partial charge in [-0.1, -0.05) is 18.2 Å². The number of hydrogen-bond acceptors (Lipinski definition) is 3. The fourth-order valence-electron chi connectivity index (χ4n) is 2.02. The van der Waals surface area contributed by atoms with Crippen molar-refractivity contribution in [2.24, 2.45) is 0 Å². The molecule has 18 heavy (non-hydrogen) atoms. The number of hydrogen-bond donors (Lipinski definition) is 1. The number of pyridine rings is 1. The zero-order valence-corrected chi connectivity index (χ0v) is 11.6. The summed E-state index contributed by atoms with van der Waals surface area (Å²) in [4.78, 5) is 7.02. The van der Waals surface area contributed by atoms with Crippen LogP contribution < -0.4 is 10.2 Å². The van der Waals surface area contributed by atoms with Crippen molar-refractivity contribution in [1.29, 1.82) is 0 Å². The van der Waals surface area contributed by atoms with Crippen LogP contribution in [-0.2, 0) is 6.54 Å². The maximum absolute atomic E-state index is 4.80. The average molecular weight is 243 g/mol. The van der Waals surface area contributed by atoms with Gasteiger partial charge in [-0.3, -0.25) is 0 Å². The molecule has 0 aliphatic rings. The van der Waals surface area contributed by atoms with Crippen LogP contribution in [0.2, 0.25) is 0 Å². The molecule has 0 spiro atoms. The maximum Gasteiger partial charge on any atom is 0.133 e. The molecule has 1 heterocycles. The van der Waals surface area contributed by atoms with Gasteiger partial charge in [0.15, 0.2) is 0 Å². The molecule has 0 atom stereocenters. The van der Waals surface area contributed by atoms with E-state index in [9.17, 15) is 0 Å². The molecule has 0 radical (unpaired) electrons. The SMILES string of the molecule is CNCc1cc2ccccc2nc1N(C)C(C)C. The number of fused-ring (bicyclic) bond motifs is 1. The summed E-state index contributed by atoms with van der Waals surface area (Å²) in [5.41, 5.74) is 2.30. The first kappa shape index (κ1) is 12.8. The molecule has 3 nitrogen and oxygen atoms in total. The topological polar surface area (TPSA) is 28.2 Å². The summed E-state index contributed by atoms with van der Waals surface area (Å²) >= 11 is 0. The van der Waals surface area contributed by atoms with Gasteiger partial charge in [-0.05, 0) is 33.0 Å². The molecular formula is C15H21N3. The lowest BCUT2D eigenvalue weighted by atomic mass is 10.1. The zero-order chi connectivity index (χ0) is 13.1. The lowest BCUT2D eigenvalue weighted by Crippen LogP contribution is -2.28. The predicted molar refractivity (Wildman–Crippen MR) is 78.0 cm³/mol. The molecule has 2 rings (SSSR count). The summed E-state index contributed by atoms with van der Waals surface area (Å²) in [6.45, 7) is 5.20. The molecule has 0 aliphatic heterocycles. The minimum atomic E-state index is 0.439. The van der Waals surface area contributed by atoms with Gasteiger partial charge >= 0.3 is 0 Å². The largest absolute Gasteiger partial charge is 0.357 e. The van der Waals surface area contributed by atoms with Crippen LogP contribution in [-0.4, -0.2) is 25.1 Å². The Morgan fingerprint density at radius 1 is 1.28 bits per heavy atom. The van der Waals surface area contributed by atoms with Gasteiger partial charge in [-0.15, -0.1) is 0 Å². The molecular weight excluding hydrogens is 222 g/mol. The molecule has 3 heteroatoms. The van der Waals surface area contributed by atoms with Gasteiger partial charge in [0.1, 0.15) is 5.82 Å². The Balaban J connectivity index is 2.57. The van der Waals surface area contributed by atoms with E-state index >= 15 is 0 Å². The number of rotatable bonds is 4. The van der Waals surface area contributed by atoms with Crippen LogP contribution in [0.5, 0.6) is 0 Å². The number of aromatic nitrogens is 1. The summed E-state index contributed by atoms with van der Waals surface area (Å²) in [7, 11) is 4.06. The molecule has 1 N–H and O–H groups in total. The Morgan fingerprint density at radius 2 is 2.00 bits per heavy atom. The Labute approximate surface area is 109 Å². The molecule has 0 aliphatic carbocycles. The molecule has 0 saturated heterocycles. The van der Waals surface area contributed by atoms with Gasteiger partial charge in [0.25, 0.3) is 0 Å². The summed E-state index contributed by atoms with van der Waals surface area (Å²) in [5, 5.41) is 4.41. The highest BCUT2D eigenvalue weighted by molar-refractivity contribution is 5.81. The normalized spacial score (nSPS) is 11.2. The highest BCUT2D eigenvalue weighted by atomic mass is 15.2. The Hall–Kier alpha value is -1.61. The van der Waals surface area contributed by atoms with Crippen molar-refractivity contribution in [3.8, 4) is 0 Å². The first-order chi connectivity index (χ1) is 8.63. The van der Waals surface area contributed by atoms with E-state index in [1.54, 1.807) is 0 Å². The number of para-hydroxylation sites is 1. The van der Waals surface area contributed by atoms with Gasteiger partial charge < -0.3 is 10.2 Å². The van der Waals surface area contributed by atoms with E-state index in [2.05, 4.69) is 55.4 Å². The number of benzene rings is 1. The van der Waals surface area contributed by atoms with Crippen LogP contribution in [0.4, 0.5) is 5.82 Å². The minimum Gasteiger partial charge on any atom is -0.357 e. The number of anilines is 1. The van der Waals surface area contributed by atoms with E-state index < -0.39 is 0 Å². The standard InChI is InChI=1S/C15H21N3/c1-11(2)18(4)15-13(10-16-3)9-12-7-5-6-8-14(12)17-15/h5-9,11,16H,10H2,1-4H3. The molecule has 1 aromatic heterocycles. The van der Waals surface area contributed by atoms with Gasteiger partial charge in [0, 0.05) is 30.6 Å². The van der Waals surface area contributed by atoms with Gasteiger partial charge in [0.2, 0.25) is 0 Å². The summed E-state index contributed by atoms with van der Waals surface area (Å²) in [5.74, 6) is 1.07. The third kappa shape index (κ3) is 2.46. The molecule has 0 amide bonds. The van der Waals surface area contributed by atoms with E-state index in [-0.39, 0.29) is 0 Å². The van der Waals surface area contributed by atoms with Crippen molar-refractivity contribution in [2.45, 2.75) is 26.4 Å². The summed E-state index contributed by atoms with van der Waals surface area (Å²) < 4.78 is 0. The van der Waals surface area contributed by atoms with Crippen LogP contribution in [0.15, 0.2) is 30.3 Å². The minimum absolute atomic E-state index is 0.439. The average Bonchev–Trinajstić information content (AvgIpc) is 2.37. The van der Waals surface area contributed by atoms with E-state index in [1.807, 2.05) is 13.1 Å². The Kier molecular flexibility index (Phi) is 3.82. The third-order valence-corrected chi connectivity index (χ3v) is 3.26. The van der Waals surface area contributed by atoms with Crippen LogP contribution in [0.3, 0.4) is 0 Å². The van der Waals surface area contributed by atoms with Crippen molar-refractivity contribution in [3.63, 3.8) is 0 Å². The zero-order valence-electron chi connectivity index (χ0n) is 11.6. The van der Waals surface area contributed by atoms with Crippen LogP contribution >= 0.6 is 0 Å². The fraction of sp³-hybridized carbons (Fsp3) is 0.400. The lowest BCUT2D eigenvalue weighted by Gasteiger charge is -2.25. The molecule has 96 valence electrons. The molecule has 0 bridgehead atoms. The van der Waals surface area contributed by atoms with Crippen molar-refractivity contribution in [2.75, 3.05) is 19.0 Å². The van der Waals surface area contributed by atoms with E-state index in [4.69, 9.17) is 4.98 Å². The van der Waals surface area contributed by atoms with Gasteiger partial charge in [-0.25, -0.2) is 4.98 Å². The van der Waals surface area contributed by atoms with Crippen molar-refractivity contribution >= 4 is 16.7 Å². The molecule has 2 aromatic rings. The number of nitrogens with one attached hydrogen (secondary N) is 1. The second-order valence-electron chi connectivity index (χ2n) is 4.90. The first-order valence-electron chi connectivity index (χ1n) is 6.39. The molecule has 0 unspecified atom stereocenters. The Morgan fingerprint density at radius 3 is 2.67 bits per heavy atom. The highest BCUT2D eigenvalue weighted by Gasteiger charge is 2.12. The van der Waals surface area contributed by atoms with Gasteiger partial charge in [0.05, 0.1) is 5.52 Å². The van der Waals surface area contributed by atoms with Crippen LogP contribution in [0, 0.1) is 0 Å². The molecule has 0 saturated carbocycles. The smallest absolute Gasteiger partial charge is 0.133 e. The monoisotopic (exact) mass is 243 g/mol. The van der Waals surface area contributed by atoms with Crippen LogP contribution in [0.25, 0.3) is 10.9 Å². The first-order valence-corrected chi connectivity index (χ1v) is 6.39. The second kappa shape index (κ2) is 5.36. The fourth-order valence-corrected chi connectivity index (χ4v) is 2.02. The van der Waals surface area contributed by atoms with Crippen LogP contribution in [0.1, 0.15) is 19.4 Å². The van der Waals surface area contributed by atoms with Crippen molar-refractivity contribution < 1.29 is 0 Å². The summed E-state index contributed by atoms with van der Waals surface area (Å²) in [6.07, 6.45) is 0. The summed E-state index contributed by atoms with van der Waals surface area (Å²) in [6, 6.07) is 10.9. The third-order valence-electron chi connectivity index (χ3n) is 3.26. The van der Waals surface area contributed by atoms with Crippen molar-refractivity contribution in [3.05, 3.63) is 35.9 Å². The molecule has 1 aromatic carbocycles. The highest BCUT2D eigenvalue weighted by Crippen LogP contribution is 2.24. The maximum atomic E-state index is 4.80. The van der Waals surface area contributed by atoms with E-state index in [1.165, 1.54) is 10.9 Å².